The summed E-state index contributed by atoms with van der Waals surface area (Å²) in [4.78, 5) is 23.6. The van der Waals surface area contributed by atoms with Crippen molar-refractivity contribution in [2.24, 2.45) is 0 Å². The van der Waals surface area contributed by atoms with Gasteiger partial charge in [0.2, 0.25) is 0 Å². The molecule has 23 heavy (non-hydrogen) atoms. The van der Waals surface area contributed by atoms with E-state index in [4.69, 9.17) is 16.3 Å². The van der Waals surface area contributed by atoms with Gasteiger partial charge in [-0.3, -0.25) is 9.59 Å². The quantitative estimate of drug-likeness (QED) is 0.840. The van der Waals surface area contributed by atoms with Crippen LogP contribution in [0.15, 0.2) is 42.5 Å². The Labute approximate surface area is 137 Å². The lowest BCUT2D eigenvalue weighted by atomic mass is 10.3. The van der Waals surface area contributed by atoms with Crippen LogP contribution in [0.1, 0.15) is 6.92 Å². The van der Waals surface area contributed by atoms with Crippen molar-refractivity contribution in [1.29, 1.82) is 0 Å². The maximum Gasteiger partial charge on any atom is 0.314 e. The highest BCUT2D eigenvalue weighted by Gasteiger charge is 2.14. The predicted molar refractivity (Wildman–Crippen MR) is 86.3 cm³/mol. The van der Waals surface area contributed by atoms with Gasteiger partial charge in [0, 0.05) is 11.4 Å². The first-order valence-electron chi connectivity index (χ1n) is 6.80. The molecule has 0 spiro atoms. The van der Waals surface area contributed by atoms with E-state index in [-0.39, 0.29) is 10.7 Å². The van der Waals surface area contributed by atoms with Crippen molar-refractivity contribution < 1.29 is 18.7 Å². The minimum absolute atomic E-state index is 0.144. The van der Waals surface area contributed by atoms with E-state index in [1.165, 1.54) is 12.1 Å². The molecule has 0 radical (unpaired) electrons. The summed E-state index contributed by atoms with van der Waals surface area (Å²) in [6.07, 6.45) is 0. The minimum Gasteiger partial charge on any atom is -0.494 e. The van der Waals surface area contributed by atoms with Crippen molar-refractivity contribution in [3.63, 3.8) is 0 Å². The second-order valence-corrected chi connectivity index (χ2v) is 4.90. The molecule has 0 heterocycles. The third-order valence-electron chi connectivity index (χ3n) is 2.81. The molecule has 7 heteroatoms. The molecule has 2 amide bonds. The van der Waals surface area contributed by atoms with E-state index >= 15 is 0 Å². The molecule has 120 valence electrons. The van der Waals surface area contributed by atoms with Gasteiger partial charge >= 0.3 is 11.8 Å². The molecule has 2 aromatic carbocycles. The molecule has 0 unspecified atom stereocenters. The van der Waals surface area contributed by atoms with Crippen LogP contribution in [-0.2, 0) is 9.59 Å². The Hall–Kier alpha value is -2.60. The molecule has 0 aliphatic heterocycles. The van der Waals surface area contributed by atoms with Crippen molar-refractivity contribution >= 4 is 34.8 Å². The molecule has 0 aliphatic rings. The van der Waals surface area contributed by atoms with Crippen LogP contribution in [0.3, 0.4) is 0 Å². The van der Waals surface area contributed by atoms with Gasteiger partial charge in [-0.2, -0.15) is 0 Å². The molecule has 0 bridgehead atoms. The Kier molecular flexibility index (Phi) is 5.54. The minimum atomic E-state index is -0.887. The van der Waals surface area contributed by atoms with E-state index in [1.807, 2.05) is 6.92 Å². The molecular formula is C16H14ClFN2O3. The second kappa shape index (κ2) is 7.60. The van der Waals surface area contributed by atoms with E-state index in [0.717, 1.165) is 6.07 Å². The summed E-state index contributed by atoms with van der Waals surface area (Å²) < 4.78 is 18.3. The molecule has 0 aliphatic carbocycles. The zero-order valence-corrected chi connectivity index (χ0v) is 13.0. The van der Waals surface area contributed by atoms with Crippen molar-refractivity contribution in [3.05, 3.63) is 53.3 Å². The fraction of sp³-hybridized carbons (Fsp3) is 0.125. The number of benzene rings is 2. The van der Waals surface area contributed by atoms with E-state index in [9.17, 15) is 14.0 Å². The van der Waals surface area contributed by atoms with Crippen molar-refractivity contribution in [3.8, 4) is 5.75 Å². The van der Waals surface area contributed by atoms with Crippen LogP contribution in [0.2, 0.25) is 5.02 Å². The summed E-state index contributed by atoms with van der Waals surface area (Å²) in [5.74, 6) is -1.68. The van der Waals surface area contributed by atoms with Crippen LogP contribution in [0, 0.1) is 5.82 Å². The molecule has 2 aromatic rings. The molecule has 0 saturated carbocycles. The number of carbonyl (C=O) groups is 2. The van der Waals surface area contributed by atoms with E-state index in [0.29, 0.717) is 18.0 Å². The molecule has 0 atom stereocenters. The Balaban J connectivity index is 1.96. The summed E-state index contributed by atoms with van der Waals surface area (Å²) in [5.41, 5.74) is 0.675. The van der Waals surface area contributed by atoms with Crippen LogP contribution >= 0.6 is 11.6 Å². The molecule has 0 saturated heterocycles. The van der Waals surface area contributed by atoms with Crippen molar-refractivity contribution in [1.82, 2.24) is 0 Å². The molecule has 0 fully saturated rings. The van der Waals surface area contributed by atoms with Gasteiger partial charge < -0.3 is 15.4 Å². The number of hydrogen-bond acceptors (Lipinski definition) is 3. The number of carbonyl (C=O) groups excluding carboxylic acids is 2. The Bertz CT molecular complexity index is 720. The maximum absolute atomic E-state index is 13.0. The van der Waals surface area contributed by atoms with Crippen LogP contribution in [0.25, 0.3) is 0 Å². The number of halogens is 2. The summed E-state index contributed by atoms with van der Waals surface area (Å²) in [5, 5.41) is 4.63. The van der Waals surface area contributed by atoms with Gasteiger partial charge in [-0.1, -0.05) is 11.6 Å². The standard InChI is InChI=1S/C16H14ClFN2O3/c1-2-23-12-6-3-10(4-7-12)19-15(21)16(22)20-11-5-8-14(18)13(17)9-11/h3-9H,2H2,1H3,(H,19,21)(H,20,22). The Morgan fingerprint density at radius 1 is 1.04 bits per heavy atom. The number of amides is 2. The lowest BCUT2D eigenvalue weighted by Gasteiger charge is -2.08. The van der Waals surface area contributed by atoms with Crippen molar-refractivity contribution in [2.75, 3.05) is 17.2 Å². The molecule has 2 rings (SSSR count). The summed E-state index contributed by atoms with van der Waals surface area (Å²) in [7, 11) is 0. The summed E-state index contributed by atoms with van der Waals surface area (Å²) >= 11 is 5.61. The fourth-order valence-electron chi connectivity index (χ4n) is 1.75. The average molecular weight is 337 g/mol. The van der Waals surface area contributed by atoms with Gasteiger partial charge in [0.25, 0.3) is 0 Å². The van der Waals surface area contributed by atoms with Crippen LogP contribution < -0.4 is 15.4 Å². The first kappa shape index (κ1) is 16.8. The number of ether oxygens (including phenoxy) is 1. The highest BCUT2D eigenvalue weighted by Crippen LogP contribution is 2.19. The van der Waals surface area contributed by atoms with E-state index < -0.39 is 17.6 Å². The van der Waals surface area contributed by atoms with Gasteiger partial charge in [0.1, 0.15) is 11.6 Å². The number of anilines is 2. The largest absolute Gasteiger partial charge is 0.494 e. The van der Waals surface area contributed by atoms with Gasteiger partial charge in [0.15, 0.2) is 0 Å². The first-order chi connectivity index (χ1) is 11.0. The van der Waals surface area contributed by atoms with E-state index in [1.54, 1.807) is 24.3 Å². The van der Waals surface area contributed by atoms with Crippen LogP contribution in [0.4, 0.5) is 15.8 Å². The molecule has 2 N–H and O–H groups in total. The van der Waals surface area contributed by atoms with E-state index in [2.05, 4.69) is 10.6 Å². The van der Waals surface area contributed by atoms with Crippen LogP contribution in [0.5, 0.6) is 5.75 Å². The lowest BCUT2D eigenvalue weighted by molar-refractivity contribution is -0.132. The topological polar surface area (TPSA) is 67.4 Å². The zero-order chi connectivity index (χ0) is 16.8. The number of rotatable bonds is 4. The summed E-state index contributed by atoms with van der Waals surface area (Å²) in [6.45, 7) is 2.40. The smallest absolute Gasteiger partial charge is 0.314 e. The average Bonchev–Trinajstić information content (AvgIpc) is 2.53. The zero-order valence-electron chi connectivity index (χ0n) is 12.2. The third kappa shape index (κ3) is 4.69. The number of nitrogens with one attached hydrogen (secondary N) is 2. The number of hydrogen-bond donors (Lipinski definition) is 2. The summed E-state index contributed by atoms with van der Waals surface area (Å²) in [6, 6.07) is 10.2. The predicted octanol–water partition coefficient (Wildman–Crippen LogP) is 3.46. The molecule has 0 aromatic heterocycles. The lowest BCUT2D eigenvalue weighted by Crippen LogP contribution is -2.29. The first-order valence-corrected chi connectivity index (χ1v) is 7.17. The van der Waals surface area contributed by atoms with Crippen molar-refractivity contribution in [2.45, 2.75) is 6.92 Å². The SMILES string of the molecule is CCOc1ccc(NC(=O)C(=O)Nc2ccc(F)c(Cl)c2)cc1. The van der Waals surface area contributed by atoms with Gasteiger partial charge in [-0.15, -0.1) is 0 Å². The highest BCUT2D eigenvalue weighted by molar-refractivity contribution is 6.43. The Morgan fingerprint density at radius 3 is 2.17 bits per heavy atom. The highest BCUT2D eigenvalue weighted by atomic mass is 35.5. The Morgan fingerprint density at radius 2 is 1.61 bits per heavy atom. The fourth-order valence-corrected chi connectivity index (χ4v) is 1.93. The van der Waals surface area contributed by atoms with Crippen LogP contribution in [-0.4, -0.2) is 18.4 Å². The van der Waals surface area contributed by atoms with Gasteiger partial charge in [-0.05, 0) is 49.4 Å². The third-order valence-corrected chi connectivity index (χ3v) is 3.10. The normalized spacial score (nSPS) is 10.0. The molecule has 5 nitrogen and oxygen atoms in total. The second-order valence-electron chi connectivity index (χ2n) is 4.49. The van der Waals surface area contributed by atoms with Gasteiger partial charge in [0.05, 0.1) is 11.6 Å². The monoisotopic (exact) mass is 336 g/mol. The maximum atomic E-state index is 13.0. The van der Waals surface area contributed by atoms with Gasteiger partial charge in [-0.25, -0.2) is 4.39 Å². The molecular weight excluding hydrogens is 323 g/mol.